The molecule has 10 heteroatoms. The van der Waals surface area contributed by atoms with Gasteiger partial charge in [0.05, 0.1) is 16.9 Å². The minimum absolute atomic E-state index is 0.0796. The first-order valence-electron chi connectivity index (χ1n) is 11.5. The van der Waals surface area contributed by atoms with E-state index in [9.17, 15) is 15.0 Å². The minimum Gasteiger partial charge on any atom is -0.357 e. The van der Waals surface area contributed by atoms with E-state index in [2.05, 4.69) is 46.4 Å². The highest BCUT2D eigenvalue weighted by Gasteiger charge is 2.33. The van der Waals surface area contributed by atoms with Gasteiger partial charge in [-0.3, -0.25) is 4.79 Å². The number of anilines is 1. The normalized spacial score (nSPS) is 17.7. The van der Waals surface area contributed by atoms with E-state index in [4.69, 9.17) is 0 Å². The summed E-state index contributed by atoms with van der Waals surface area (Å²) in [6.07, 6.45) is 4.35. The summed E-state index contributed by atoms with van der Waals surface area (Å²) in [7, 11) is 0. The molecule has 0 radical (unpaired) electrons. The monoisotopic (exact) mass is 513 g/mol. The van der Waals surface area contributed by atoms with E-state index < -0.39 is 5.12 Å². The first kappa shape index (κ1) is 25.6. The fourth-order valence-electron chi connectivity index (χ4n) is 3.78. The Kier molecular flexibility index (Phi) is 7.46. The smallest absolute Gasteiger partial charge is 0.263 e. The number of aryl methyl sites for hydroxylation is 1. The van der Waals surface area contributed by atoms with E-state index in [0.717, 1.165) is 45.6 Å². The number of hydrogen-bond donors (Lipinski definition) is 4. The van der Waals surface area contributed by atoms with Gasteiger partial charge in [-0.1, -0.05) is 44.7 Å². The number of thiazole rings is 1. The van der Waals surface area contributed by atoms with E-state index in [1.165, 1.54) is 11.3 Å². The van der Waals surface area contributed by atoms with E-state index >= 15 is 0 Å². The molecule has 0 saturated carbocycles. The number of thioether (sulfide) groups is 1. The zero-order valence-corrected chi connectivity index (χ0v) is 22.0. The molecule has 3 heterocycles. The van der Waals surface area contributed by atoms with Crippen LogP contribution in [0.2, 0.25) is 0 Å². The maximum atomic E-state index is 12.6. The van der Waals surface area contributed by atoms with Crippen LogP contribution >= 0.6 is 23.1 Å². The fraction of sp³-hybridized carbons (Fsp3) is 0.440. The molecule has 186 valence electrons. The molecule has 0 spiro atoms. The largest absolute Gasteiger partial charge is 0.357 e. The zero-order valence-electron chi connectivity index (χ0n) is 20.3. The van der Waals surface area contributed by atoms with Crippen molar-refractivity contribution in [2.24, 2.45) is 0 Å². The molecule has 3 aromatic rings. The van der Waals surface area contributed by atoms with Crippen LogP contribution in [0.5, 0.6) is 0 Å². The highest BCUT2D eigenvalue weighted by molar-refractivity contribution is 8.00. The summed E-state index contributed by atoms with van der Waals surface area (Å²) in [5, 5.41) is 25.2. The van der Waals surface area contributed by atoms with Crippen molar-refractivity contribution in [1.29, 1.82) is 0 Å². The summed E-state index contributed by atoms with van der Waals surface area (Å²) >= 11 is 2.57. The molecular formula is C25H31N5O3S2. The lowest BCUT2D eigenvalue weighted by Crippen LogP contribution is -2.38. The van der Waals surface area contributed by atoms with Crippen molar-refractivity contribution in [3.8, 4) is 11.3 Å². The number of aliphatic hydroxyl groups is 2. The number of hydrogen-bond acceptors (Lipinski definition) is 9. The quantitative estimate of drug-likeness (QED) is 0.364. The Hall–Kier alpha value is -2.53. The van der Waals surface area contributed by atoms with Gasteiger partial charge in [-0.05, 0) is 36.6 Å². The van der Waals surface area contributed by atoms with Gasteiger partial charge >= 0.3 is 0 Å². The van der Waals surface area contributed by atoms with Crippen LogP contribution in [0.4, 0.5) is 5.95 Å². The lowest BCUT2D eigenvalue weighted by Gasteiger charge is -2.32. The van der Waals surface area contributed by atoms with E-state index in [0.29, 0.717) is 23.1 Å². The summed E-state index contributed by atoms with van der Waals surface area (Å²) in [6.45, 7) is 8.68. The molecule has 35 heavy (non-hydrogen) atoms. The van der Waals surface area contributed by atoms with E-state index in [1.807, 2.05) is 31.2 Å². The first-order chi connectivity index (χ1) is 16.5. The SMILES string of the molecule is Cc1cc(-c2ccnc(NC3CCSC(O)(O)C3)n2)ccc1CNC(=O)c1cnc(C(C)(C)C)s1. The Bertz CT molecular complexity index is 1210. The van der Waals surface area contributed by atoms with Gasteiger partial charge in [0.1, 0.15) is 4.88 Å². The minimum atomic E-state index is -1.72. The maximum absolute atomic E-state index is 12.6. The van der Waals surface area contributed by atoms with Crippen LogP contribution in [0.25, 0.3) is 11.3 Å². The number of rotatable bonds is 6. The first-order valence-corrected chi connectivity index (χ1v) is 13.3. The van der Waals surface area contributed by atoms with Crippen molar-refractivity contribution in [2.75, 3.05) is 11.1 Å². The number of aromatic nitrogens is 3. The van der Waals surface area contributed by atoms with Crippen LogP contribution in [-0.4, -0.2) is 48.0 Å². The Labute approximate surface area is 213 Å². The second-order valence-electron chi connectivity index (χ2n) is 9.79. The number of carbonyl (C=O) groups is 1. The van der Waals surface area contributed by atoms with Gasteiger partial charge in [0.15, 0.2) is 0 Å². The third-order valence-corrected chi connectivity index (χ3v) is 8.24. The summed E-state index contributed by atoms with van der Waals surface area (Å²) in [5.74, 6) is 0.995. The van der Waals surface area contributed by atoms with Crippen LogP contribution in [0.3, 0.4) is 0 Å². The fourth-order valence-corrected chi connectivity index (χ4v) is 5.72. The molecule has 8 nitrogen and oxygen atoms in total. The molecule has 1 amide bonds. The number of benzene rings is 1. The van der Waals surface area contributed by atoms with E-state index in [1.54, 1.807) is 12.4 Å². The van der Waals surface area contributed by atoms with Gasteiger partial charge in [0, 0.05) is 41.9 Å². The van der Waals surface area contributed by atoms with Crippen molar-refractivity contribution in [2.45, 2.75) is 63.7 Å². The molecule has 1 saturated heterocycles. The molecular weight excluding hydrogens is 482 g/mol. The average Bonchev–Trinajstić information content (AvgIpc) is 3.29. The van der Waals surface area contributed by atoms with Crippen LogP contribution < -0.4 is 10.6 Å². The van der Waals surface area contributed by atoms with Gasteiger partial charge in [-0.2, -0.15) is 0 Å². The van der Waals surface area contributed by atoms with Crippen LogP contribution in [0, 0.1) is 6.92 Å². The lowest BCUT2D eigenvalue weighted by molar-refractivity contribution is -0.0867. The van der Waals surface area contributed by atoms with Gasteiger partial charge in [0.2, 0.25) is 11.1 Å². The third-order valence-electron chi connectivity index (χ3n) is 5.75. The lowest BCUT2D eigenvalue weighted by atomic mass is 9.98. The topological polar surface area (TPSA) is 120 Å². The predicted octanol–water partition coefficient (Wildman–Crippen LogP) is 4.08. The molecule has 1 atom stereocenters. The molecule has 2 aromatic heterocycles. The van der Waals surface area contributed by atoms with Crippen molar-refractivity contribution < 1.29 is 15.0 Å². The number of carbonyl (C=O) groups excluding carboxylic acids is 1. The van der Waals surface area contributed by atoms with Gasteiger partial charge in [0.25, 0.3) is 5.91 Å². The molecule has 4 rings (SSSR count). The Morgan fingerprint density at radius 3 is 2.71 bits per heavy atom. The summed E-state index contributed by atoms with van der Waals surface area (Å²) in [5.41, 5.74) is 3.70. The average molecular weight is 514 g/mol. The number of amides is 1. The van der Waals surface area contributed by atoms with Crippen LogP contribution in [0.15, 0.2) is 36.7 Å². The highest BCUT2D eigenvalue weighted by atomic mass is 32.2. The van der Waals surface area contributed by atoms with Gasteiger partial charge in [-0.15, -0.1) is 11.3 Å². The maximum Gasteiger partial charge on any atom is 0.263 e. The molecule has 1 aromatic carbocycles. The zero-order chi connectivity index (χ0) is 25.2. The molecule has 0 aliphatic carbocycles. The second-order valence-corrected chi connectivity index (χ2v) is 12.2. The Morgan fingerprint density at radius 1 is 1.23 bits per heavy atom. The van der Waals surface area contributed by atoms with Crippen LogP contribution in [0.1, 0.15) is 59.4 Å². The summed E-state index contributed by atoms with van der Waals surface area (Å²) in [4.78, 5) is 26.5. The molecule has 1 aliphatic rings. The second kappa shape index (κ2) is 10.2. The van der Waals surface area contributed by atoms with Crippen LogP contribution in [-0.2, 0) is 12.0 Å². The molecule has 0 bridgehead atoms. The summed E-state index contributed by atoms with van der Waals surface area (Å²) in [6, 6.07) is 7.76. The Balaban J connectivity index is 1.40. The van der Waals surface area contributed by atoms with E-state index in [-0.39, 0.29) is 23.8 Å². The van der Waals surface area contributed by atoms with Gasteiger partial charge < -0.3 is 20.8 Å². The van der Waals surface area contributed by atoms with Gasteiger partial charge in [-0.25, -0.2) is 15.0 Å². The predicted molar refractivity (Wildman–Crippen MR) is 140 cm³/mol. The molecule has 1 aliphatic heterocycles. The van der Waals surface area contributed by atoms with Crippen molar-refractivity contribution >= 4 is 35.0 Å². The highest BCUT2D eigenvalue weighted by Crippen LogP contribution is 2.33. The third kappa shape index (κ3) is 6.58. The number of nitrogens with zero attached hydrogens (tertiary/aromatic N) is 3. The standard InChI is InChI=1S/C25H31N5O3S2/c1-15-11-16(19-7-9-26-23(30-19)29-18-8-10-34-25(32,33)12-18)5-6-17(15)13-27-21(31)20-14-28-22(35-20)24(2,3)4/h5-7,9,11,14,18,32-33H,8,10,12-13H2,1-4H3,(H,27,31)(H,26,29,30). The molecule has 1 fully saturated rings. The summed E-state index contributed by atoms with van der Waals surface area (Å²) < 4.78 is 0. The molecule has 1 unspecified atom stereocenters. The Morgan fingerprint density at radius 2 is 2.03 bits per heavy atom. The number of nitrogens with one attached hydrogen (secondary N) is 2. The molecule has 4 N–H and O–H groups in total. The van der Waals surface area contributed by atoms with Crippen molar-refractivity contribution in [3.05, 3.63) is 57.7 Å². The van der Waals surface area contributed by atoms with Crippen molar-refractivity contribution in [1.82, 2.24) is 20.3 Å². The van der Waals surface area contributed by atoms with Crippen molar-refractivity contribution in [3.63, 3.8) is 0 Å².